The quantitative estimate of drug-likeness (QED) is 0.792. The topological polar surface area (TPSA) is 68.3 Å². The van der Waals surface area contributed by atoms with E-state index in [9.17, 15) is 8.42 Å². The van der Waals surface area contributed by atoms with Crippen molar-refractivity contribution in [2.45, 2.75) is 39.3 Å². The molecule has 102 valence electrons. The Labute approximate surface area is 109 Å². The molecule has 0 radical (unpaired) electrons. The Kier molecular flexibility index (Phi) is 5.10. The van der Waals surface area contributed by atoms with E-state index in [4.69, 9.17) is 4.18 Å². The van der Waals surface area contributed by atoms with Crippen LogP contribution in [0, 0.1) is 0 Å². The minimum Gasteiger partial charge on any atom is -0.381 e. The van der Waals surface area contributed by atoms with E-state index in [-0.39, 0.29) is 5.75 Å². The fourth-order valence-corrected chi connectivity index (χ4v) is 2.15. The molecule has 0 aliphatic carbocycles. The minimum absolute atomic E-state index is 0.241. The smallest absolute Gasteiger partial charge is 0.306 e. The van der Waals surface area contributed by atoms with Crippen molar-refractivity contribution in [3.8, 4) is 5.75 Å². The summed E-state index contributed by atoms with van der Waals surface area (Å²) in [5.74, 6) is 0.241. The number of nitrogens with one attached hydrogen (secondary N) is 1. The summed E-state index contributed by atoms with van der Waals surface area (Å²) in [5, 5.41) is 3.38. The Morgan fingerprint density at radius 1 is 1.33 bits per heavy atom. The summed E-state index contributed by atoms with van der Waals surface area (Å²) < 4.78 is 26.6. The fourth-order valence-electron chi connectivity index (χ4n) is 1.70. The van der Waals surface area contributed by atoms with Crippen LogP contribution in [0.25, 0.3) is 0 Å². The number of aromatic nitrogens is 1. The van der Waals surface area contributed by atoms with Gasteiger partial charge in [0.05, 0.1) is 12.5 Å². The molecule has 1 unspecified atom stereocenters. The van der Waals surface area contributed by atoms with Crippen LogP contribution in [0.1, 0.15) is 26.5 Å². The van der Waals surface area contributed by atoms with Crippen molar-refractivity contribution < 1.29 is 12.6 Å². The summed E-state index contributed by atoms with van der Waals surface area (Å²) >= 11 is 0. The molecule has 0 bridgehead atoms. The summed E-state index contributed by atoms with van der Waals surface area (Å²) in [6.45, 7) is 6.27. The first-order valence-corrected chi connectivity index (χ1v) is 7.68. The lowest BCUT2D eigenvalue weighted by Crippen LogP contribution is -2.34. The van der Waals surface area contributed by atoms with Crippen molar-refractivity contribution in [3.63, 3.8) is 0 Å². The van der Waals surface area contributed by atoms with Crippen LogP contribution in [0.4, 0.5) is 0 Å². The van der Waals surface area contributed by atoms with E-state index in [1.54, 1.807) is 12.1 Å². The third-order valence-electron chi connectivity index (χ3n) is 2.18. The molecule has 0 saturated carbocycles. The molecule has 0 aliphatic rings. The third-order valence-corrected chi connectivity index (χ3v) is 2.67. The zero-order chi connectivity index (χ0) is 13.8. The van der Waals surface area contributed by atoms with Gasteiger partial charge in [-0.3, -0.25) is 4.98 Å². The number of pyridine rings is 1. The second kappa shape index (κ2) is 6.15. The van der Waals surface area contributed by atoms with Gasteiger partial charge in [0.1, 0.15) is 0 Å². The predicted molar refractivity (Wildman–Crippen MR) is 71.1 cm³/mol. The maximum absolute atomic E-state index is 10.9. The number of rotatable bonds is 6. The highest BCUT2D eigenvalue weighted by Gasteiger charge is 2.08. The molecule has 0 fully saturated rings. The van der Waals surface area contributed by atoms with Gasteiger partial charge in [-0.2, -0.15) is 8.42 Å². The van der Waals surface area contributed by atoms with Crippen LogP contribution in [0.15, 0.2) is 18.3 Å². The minimum atomic E-state index is -3.48. The van der Waals surface area contributed by atoms with Crippen LogP contribution >= 0.6 is 0 Å². The van der Waals surface area contributed by atoms with Crippen molar-refractivity contribution >= 4 is 10.1 Å². The third kappa shape index (κ3) is 5.97. The molecule has 0 saturated heterocycles. The van der Waals surface area contributed by atoms with Crippen molar-refractivity contribution in [2.75, 3.05) is 6.26 Å². The highest BCUT2D eigenvalue weighted by Crippen LogP contribution is 2.12. The molecule has 0 spiro atoms. The molecule has 1 atom stereocenters. The van der Waals surface area contributed by atoms with Gasteiger partial charge in [-0.25, -0.2) is 0 Å². The van der Waals surface area contributed by atoms with Crippen LogP contribution in [-0.2, 0) is 16.5 Å². The predicted octanol–water partition coefficient (Wildman–Crippen LogP) is 1.35. The average molecular weight is 272 g/mol. The molecule has 0 amide bonds. The van der Waals surface area contributed by atoms with E-state index < -0.39 is 10.1 Å². The Bertz CT molecular complexity index is 469. The van der Waals surface area contributed by atoms with Crippen molar-refractivity contribution in [3.05, 3.63) is 24.0 Å². The van der Waals surface area contributed by atoms with Gasteiger partial charge in [0, 0.05) is 24.2 Å². The highest BCUT2D eigenvalue weighted by molar-refractivity contribution is 7.86. The van der Waals surface area contributed by atoms with Gasteiger partial charge < -0.3 is 9.50 Å². The van der Waals surface area contributed by atoms with Crippen molar-refractivity contribution in [1.29, 1.82) is 0 Å². The lowest BCUT2D eigenvalue weighted by Gasteiger charge is -2.16. The first-order chi connectivity index (χ1) is 8.26. The van der Waals surface area contributed by atoms with E-state index in [1.165, 1.54) is 6.20 Å². The largest absolute Gasteiger partial charge is 0.381 e. The molecule has 1 rings (SSSR count). The first kappa shape index (κ1) is 14.9. The molecule has 5 nitrogen and oxygen atoms in total. The standard InChI is InChI=1S/C12H20N2O3S/c1-9(2)14-10(3)7-11-5-6-12(8-13-11)17-18(4,15)16/h5-6,8-10,14H,7H2,1-4H3. The summed E-state index contributed by atoms with van der Waals surface area (Å²) in [5.41, 5.74) is 0.900. The molecule has 0 aliphatic heterocycles. The van der Waals surface area contributed by atoms with Gasteiger partial charge in [0.15, 0.2) is 5.75 Å². The van der Waals surface area contributed by atoms with Crippen LogP contribution in [-0.4, -0.2) is 31.7 Å². The lowest BCUT2D eigenvalue weighted by molar-refractivity contribution is 0.480. The second-order valence-electron chi connectivity index (χ2n) is 4.70. The number of hydrogen-bond donors (Lipinski definition) is 1. The molecule has 0 aromatic carbocycles. The molecule has 18 heavy (non-hydrogen) atoms. The molecule has 1 heterocycles. The Morgan fingerprint density at radius 3 is 2.44 bits per heavy atom. The Morgan fingerprint density at radius 2 is 2.00 bits per heavy atom. The van der Waals surface area contributed by atoms with Gasteiger partial charge in [-0.1, -0.05) is 13.8 Å². The van der Waals surface area contributed by atoms with Gasteiger partial charge in [0.25, 0.3) is 0 Å². The number of hydrogen-bond acceptors (Lipinski definition) is 5. The average Bonchev–Trinajstić information content (AvgIpc) is 2.17. The van der Waals surface area contributed by atoms with Gasteiger partial charge in [-0.15, -0.1) is 0 Å². The van der Waals surface area contributed by atoms with Crippen molar-refractivity contribution in [1.82, 2.24) is 10.3 Å². The van der Waals surface area contributed by atoms with E-state index in [0.29, 0.717) is 12.1 Å². The Hall–Kier alpha value is -1.14. The van der Waals surface area contributed by atoms with Crippen molar-refractivity contribution in [2.24, 2.45) is 0 Å². The zero-order valence-electron chi connectivity index (χ0n) is 11.2. The van der Waals surface area contributed by atoms with Crippen LogP contribution in [0.2, 0.25) is 0 Å². The summed E-state index contributed by atoms with van der Waals surface area (Å²) in [6, 6.07) is 4.14. The highest BCUT2D eigenvalue weighted by atomic mass is 32.2. The van der Waals surface area contributed by atoms with Gasteiger partial charge in [0.2, 0.25) is 0 Å². The maximum Gasteiger partial charge on any atom is 0.306 e. The van der Waals surface area contributed by atoms with Crippen LogP contribution < -0.4 is 9.50 Å². The summed E-state index contributed by atoms with van der Waals surface area (Å²) in [6.07, 6.45) is 3.23. The molecular formula is C12H20N2O3S. The maximum atomic E-state index is 10.9. The summed E-state index contributed by atoms with van der Waals surface area (Å²) in [4.78, 5) is 4.18. The fraction of sp³-hybridized carbons (Fsp3) is 0.583. The lowest BCUT2D eigenvalue weighted by atomic mass is 10.1. The molecule has 1 aromatic heterocycles. The van der Waals surface area contributed by atoms with E-state index in [1.807, 2.05) is 0 Å². The van der Waals surface area contributed by atoms with Crippen LogP contribution in [0.3, 0.4) is 0 Å². The van der Waals surface area contributed by atoms with E-state index in [2.05, 4.69) is 31.1 Å². The number of nitrogens with zero attached hydrogens (tertiary/aromatic N) is 1. The summed E-state index contributed by atoms with van der Waals surface area (Å²) in [7, 11) is -3.48. The molecule has 6 heteroatoms. The SMILES string of the molecule is CC(C)NC(C)Cc1ccc(OS(C)(=O)=O)cn1. The molecule has 1 aromatic rings. The van der Waals surface area contributed by atoms with Crippen LogP contribution in [0.5, 0.6) is 5.75 Å². The Balaban J connectivity index is 2.60. The monoisotopic (exact) mass is 272 g/mol. The second-order valence-corrected chi connectivity index (χ2v) is 6.27. The first-order valence-electron chi connectivity index (χ1n) is 5.86. The van der Waals surface area contributed by atoms with Gasteiger partial charge in [-0.05, 0) is 19.1 Å². The normalized spacial score (nSPS) is 13.6. The van der Waals surface area contributed by atoms with E-state index >= 15 is 0 Å². The van der Waals surface area contributed by atoms with E-state index in [0.717, 1.165) is 18.4 Å². The molecular weight excluding hydrogens is 252 g/mol. The molecule has 1 N–H and O–H groups in total. The van der Waals surface area contributed by atoms with Gasteiger partial charge >= 0.3 is 10.1 Å². The zero-order valence-corrected chi connectivity index (χ0v) is 12.0.